The molecule has 1 aromatic rings. The van der Waals surface area contributed by atoms with E-state index in [0.29, 0.717) is 13.2 Å². The zero-order valence-corrected chi connectivity index (χ0v) is 16.1. The average molecular weight is 361 g/mol. The van der Waals surface area contributed by atoms with Crippen molar-refractivity contribution in [2.45, 2.75) is 32.6 Å². The quantitative estimate of drug-likeness (QED) is 0.624. The summed E-state index contributed by atoms with van der Waals surface area (Å²) in [5, 5.41) is 6.72. The van der Waals surface area contributed by atoms with Crippen molar-refractivity contribution in [3.63, 3.8) is 0 Å². The van der Waals surface area contributed by atoms with E-state index in [4.69, 9.17) is 14.5 Å². The molecule has 1 aromatic carbocycles. The number of hydrogen-bond acceptors (Lipinski definition) is 4. The minimum Gasteiger partial charge on any atom is -0.490 e. The molecule has 0 bridgehead atoms. The second-order valence-corrected chi connectivity index (χ2v) is 7.13. The molecular formula is C20H32N4O2. The van der Waals surface area contributed by atoms with Crippen LogP contribution in [-0.2, 0) is 0 Å². The first kappa shape index (κ1) is 18.8. The van der Waals surface area contributed by atoms with E-state index in [2.05, 4.69) is 29.5 Å². The van der Waals surface area contributed by atoms with Crippen LogP contribution in [0.1, 0.15) is 32.6 Å². The number of piperidine rings is 1. The highest BCUT2D eigenvalue weighted by Gasteiger charge is 2.16. The van der Waals surface area contributed by atoms with Crippen molar-refractivity contribution in [2.24, 2.45) is 10.9 Å². The summed E-state index contributed by atoms with van der Waals surface area (Å²) >= 11 is 0. The van der Waals surface area contributed by atoms with Crippen LogP contribution in [0.15, 0.2) is 23.2 Å². The largest absolute Gasteiger partial charge is 0.490 e. The molecule has 0 aliphatic carbocycles. The van der Waals surface area contributed by atoms with E-state index in [1.807, 2.05) is 18.2 Å². The fourth-order valence-electron chi connectivity index (χ4n) is 3.39. The van der Waals surface area contributed by atoms with Gasteiger partial charge in [-0.05, 0) is 64.4 Å². The minimum atomic E-state index is 0.696. The van der Waals surface area contributed by atoms with Gasteiger partial charge >= 0.3 is 0 Å². The molecule has 144 valence electrons. The summed E-state index contributed by atoms with van der Waals surface area (Å²) in [5.41, 5.74) is 0.966. The Hall–Kier alpha value is -1.95. The maximum atomic E-state index is 5.77. The molecule has 0 saturated carbocycles. The van der Waals surface area contributed by atoms with Crippen LogP contribution in [0.2, 0.25) is 0 Å². The van der Waals surface area contributed by atoms with Gasteiger partial charge in [0, 0.05) is 31.3 Å². The molecule has 26 heavy (non-hydrogen) atoms. The van der Waals surface area contributed by atoms with E-state index in [9.17, 15) is 0 Å². The van der Waals surface area contributed by atoms with Gasteiger partial charge in [-0.2, -0.15) is 0 Å². The number of fused-ring (bicyclic) bond motifs is 1. The van der Waals surface area contributed by atoms with Gasteiger partial charge in [-0.25, -0.2) is 0 Å². The zero-order chi connectivity index (χ0) is 18.2. The number of aliphatic imine (C=N–C) groups is 1. The fourth-order valence-corrected chi connectivity index (χ4v) is 3.39. The Morgan fingerprint density at radius 2 is 1.96 bits per heavy atom. The summed E-state index contributed by atoms with van der Waals surface area (Å²) in [6.07, 6.45) is 4.65. The topological polar surface area (TPSA) is 58.1 Å². The summed E-state index contributed by atoms with van der Waals surface area (Å²) in [7, 11) is 2.21. The summed E-state index contributed by atoms with van der Waals surface area (Å²) in [6, 6.07) is 5.97. The average Bonchev–Trinajstić information content (AvgIpc) is 2.88. The lowest BCUT2D eigenvalue weighted by Gasteiger charge is -2.28. The van der Waals surface area contributed by atoms with E-state index in [-0.39, 0.29) is 0 Å². The summed E-state index contributed by atoms with van der Waals surface area (Å²) in [5.74, 6) is 3.25. The number of hydrogen-bond donors (Lipinski definition) is 2. The highest BCUT2D eigenvalue weighted by atomic mass is 16.5. The highest BCUT2D eigenvalue weighted by molar-refractivity contribution is 5.93. The van der Waals surface area contributed by atoms with Crippen LogP contribution >= 0.6 is 0 Å². The molecule has 2 heterocycles. The van der Waals surface area contributed by atoms with Crippen molar-refractivity contribution in [3.8, 4) is 11.5 Å². The van der Waals surface area contributed by atoms with Crippen molar-refractivity contribution < 1.29 is 9.47 Å². The molecule has 0 atom stereocenters. The van der Waals surface area contributed by atoms with E-state index in [1.165, 1.54) is 25.9 Å². The predicted octanol–water partition coefficient (Wildman–Crippen LogP) is 2.96. The maximum Gasteiger partial charge on any atom is 0.195 e. The molecule has 0 aromatic heterocycles. The maximum absolute atomic E-state index is 5.77. The van der Waals surface area contributed by atoms with Crippen LogP contribution in [0, 0.1) is 5.92 Å². The Bertz CT molecular complexity index is 597. The monoisotopic (exact) mass is 360 g/mol. The first-order valence-electron chi connectivity index (χ1n) is 9.88. The highest BCUT2D eigenvalue weighted by Crippen LogP contribution is 2.32. The number of nitrogens with one attached hydrogen (secondary N) is 2. The van der Waals surface area contributed by atoms with E-state index >= 15 is 0 Å². The van der Waals surface area contributed by atoms with E-state index in [1.54, 1.807) is 0 Å². The van der Waals surface area contributed by atoms with E-state index in [0.717, 1.165) is 55.0 Å². The zero-order valence-electron chi connectivity index (χ0n) is 16.1. The lowest BCUT2D eigenvalue weighted by molar-refractivity contribution is 0.214. The molecule has 2 aliphatic rings. The van der Waals surface area contributed by atoms with Gasteiger partial charge in [-0.15, -0.1) is 0 Å². The van der Waals surface area contributed by atoms with Crippen molar-refractivity contribution in [2.75, 3.05) is 51.8 Å². The third kappa shape index (κ3) is 5.53. The molecule has 1 fully saturated rings. The Kier molecular flexibility index (Phi) is 7.00. The lowest BCUT2D eigenvalue weighted by Crippen LogP contribution is -2.32. The number of guanidine groups is 1. The SMILES string of the molecule is CCNC(=NCCC1CCN(C)CC1)Nc1ccc2c(c1)OCCCO2. The Morgan fingerprint density at radius 1 is 1.19 bits per heavy atom. The Labute approximate surface area is 157 Å². The molecular weight excluding hydrogens is 328 g/mol. The van der Waals surface area contributed by atoms with Gasteiger partial charge in [0.15, 0.2) is 17.5 Å². The van der Waals surface area contributed by atoms with Crippen LogP contribution in [0.4, 0.5) is 5.69 Å². The fraction of sp³-hybridized carbons (Fsp3) is 0.650. The first-order chi connectivity index (χ1) is 12.7. The molecule has 6 nitrogen and oxygen atoms in total. The normalized spacial score (nSPS) is 19.1. The number of benzene rings is 1. The number of ether oxygens (including phenoxy) is 2. The van der Waals surface area contributed by atoms with Crippen LogP contribution in [-0.4, -0.2) is 57.3 Å². The standard InChI is InChI=1S/C20H32N4O2/c1-3-21-20(22-10-7-16-8-11-24(2)12-9-16)23-17-5-6-18-19(15-17)26-14-4-13-25-18/h5-6,15-16H,3-4,7-14H2,1-2H3,(H2,21,22,23). The minimum absolute atomic E-state index is 0.696. The number of nitrogens with zero attached hydrogens (tertiary/aromatic N) is 2. The van der Waals surface area contributed by atoms with Gasteiger partial charge in [-0.1, -0.05) is 0 Å². The molecule has 0 amide bonds. The number of rotatable bonds is 5. The van der Waals surface area contributed by atoms with Gasteiger partial charge in [0.05, 0.1) is 13.2 Å². The van der Waals surface area contributed by atoms with E-state index < -0.39 is 0 Å². The van der Waals surface area contributed by atoms with Crippen LogP contribution in [0.5, 0.6) is 11.5 Å². The molecule has 6 heteroatoms. The van der Waals surface area contributed by atoms with Gasteiger partial charge in [0.25, 0.3) is 0 Å². The van der Waals surface area contributed by atoms with Crippen molar-refractivity contribution in [1.82, 2.24) is 10.2 Å². The second-order valence-electron chi connectivity index (χ2n) is 7.13. The molecule has 0 spiro atoms. The van der Waals surface area contributed by atoms with Crippen molar-refractivity contribution in [3.05, 3.63) is 18.2 Å². The van der Waals surface area contributed by atoms with Gasteiger partial charge < -0.3 is 25.0 Å². The Balaban J connectivity index is 1.56. The van der Waals surface area contributed by atoms with Crippen LogP contribution < -0.4 is 20.1 Å². The lowest BCUT2D eigenvalue weighted by atomic mass is 9.94. The van der Waals surface area contributed by atoms with Gasteiger partial charge in [0.1, 0.15) is 0 Å². The summed E-state index contributed by atoms with van der Waals surface area (Å²) in [6.45, 7) is 7.61. The third-order valence-electron chi connectivity index (χ3n) is 5.00. The molecule has 0 unspecified atom stereocenters. The van der Waals surface area contributed by atoms with Gasteiger partial charge in [-0.3, -0.25) is 4.99 Å². The first-order valence-corrected chi connectivity index (χ1v) is 9.88. The molecule has 2 aliphatic heterocycles. The second kappa shape index (κ2) is 9.67. The summed E-state index contributed by atoms with van der Waals surface area (Å²) in [4.78, 5) is 7.17. The van der Waals surface area contributed by atoms with Gasteiger partial charge in [0.2, 0.25) is 0 Å². The molecule has 2 N–H and O–H groups in total. The van der Waals surface area contributed by atoms with Crippen molar-refractivity contribution in [1.29, 1.82) is 0 Å². The predicted molar refractivity (Wildman–Crippen MR) is 106 cm³/mol. The van der Waals surface area contributed by atoms with Crippen LogP contribution in [0.3, 0.4) is 0 Å². The number of anilines is 1. The van der Waals surface area contributed by atoms with Crippen LogP contribution in [0.25, 0.3) is 0 Å². The third-order valence-corrected chi connectivity index (χ3v) is 5.00. The Morgan fingerprint density at radius 3 is 2.73 bits per heavy atom. The van der Waals surface area contributed by atoms with Crippen molar-refractivity contribution >= 4 is 11.6 Å². The molecule has 3 rings (SSSR count). The smallest absolute Gasteiger partial charge is 0.195 e. The molecule has 0 radical (unpaired) electrons. The number of likely N-dealkylation sites (tertiary alicyclic amines) is 1. The molecule has 1 saturated heterocycles. The summed E-state index contributed by atoms with van der Waals surface area (Å²) < 4.78 is 11.5.